The molecular formula is C14H17FN2OS. The Morgan fingerprint density at radius 3 is 2.63 bits per heavy atom. The van der Waals surface area contributed by atoms with Gasteiger partial charge in [-0.15, -0.1) is 11.3 Å². The Morgan fingerprint density at radius 1 is 1.37 bits per heavy atom. The molecule has 0 unspecified atom stereocenters. The number of nitrogens with two attached hydrogens (primary N) is 1. The summed E-state index contributed by atoms with van der Waals surface area (Å²) in [5.41, 5.74) is 6.95. The van der Waals surface area contributed by atoms with Gasteiger partial charge in [0.1, 0.15) is 0 Å². The maximum absolute atomic E-state index is 13.9. The molecule has 19 heavy (non-hydrogen) atoms. The van der Waals surface area contributed by atoms with E-state index < -0.39 is 0 Å². The fourth-order valence-corrected chi connectivity index (χ4v) is 2.06. The molecule has 2 aromatic rings. The average molecular weight is 280 g/mol. The van der Waals surface area contributed by atoms with Gasteiger partial charge in [0, 0.05) is 10.9 Å². The van der Waals surface area contributed by atoms with E-state index in [9.17, 15) is 4.39 Å². The first-order valence-corrected chi connectivity index (χ1v) is 6.87. The third kappa shape index (κ3) is 3.67. The SMILES string of the molecule is CC(C)(C)COc1ccc(-c2csc(N)n2)cc1F. The molecule has 1 aromatic carbocycles. The monoisotopic (exact) mass is 280 g/mol. The zero-order valence-electron chi connectivity index (χ0n) is 11.2. The van der Waals surface area contributed by atoms with E-state index in [0.717, 1.165) is 0 Å². The van der Waals surface area contributed by atoms with Crippen LogP contribution in [0.1, 0.15) is 20.8 Å². The lowest BCUT2D eigenvalue weighted by Crippen LogP contribution is -2.17. The van der Waals surface area contributed by atoms with Gasteiger partial charge >= 0.3 is 0 Å². The van der Waals surface area contributed by atoms with E-state index in [-0.39, 0.29) is 17.0 Å². The molecule has 0 aliphatic heterocycles. The van der Waals surface area contributed by atoms with Crippen LogP contribution in [0, 0.1) is 11.2 Å². The molecule has 0 aliphatic rings. The molecule has 0 amide bonds. The van der Waals surface area contributed by atoms with Crippen LogP contribution in [0.2, 0.25) is 0 Å². The fourth-order valence-electron chi connectivity index (χ4n) is 1.49. The number of anilines is 1. The Bertz CT molecular complexity index is 575. The smallest absolute Gasteiger partial charge is 0.180 e. The van der Waals surface area contributed by atoms with Crippen molar-refractivity contribution in [1.82, 2.24) is 4.98 Å². The van der Waals surface area contributed by atoms with Crippen molar-refractivity contribution in [1.29, 1.82) is 0 Å². The lowest BCUT2D eigenvalue weighted by Gasteiger charge is -2.19. The van der Waals surface area contributed by atoms with Crippen molar-refractivity contribution >= 4 is 16.5 Å². The maximum atomic E-state index is 13.9. The van der Waals surface area contributed by atoms with E-state index in [1.807, 2.05) is 20.8 Å². The molecule has 0 atom stereocenters. The molecule has 1 aromatic heterocycles. The molecule has 2 rings (SSSR count). The molecule has 0 spiro atoms. The summed E-state index contributed by atoms with van der Waals surface area (Å²) in [5.74, 6) is -0.116. The standard InChI is InChI=1S/C14H17FN2OS/c1-14(2,3)8-18-12-5-4-9(6-10(12)15)11-7-19-13(16)17-11/h4-7H,8H2,1-3H3,(H2,16,17). The van der Waals surface area contributed by atoms with Crippen LogP contribution in [0.5, 0.6) is 5.75 Å². The van der Waals surface area contributed by atoms with Crippen LogP contribution < -0.4 is 10.5 Å². The number of nitrogen functional groups attached to an aromatic ring is 1. The second-order valence-electron chi connectivity index (χ2n) is 5.57. The molecule has 0 radical (unpaired) electrons. The summed E-state index contributed by atoms with van der Waals surface area (Å²) in [5, 5.41) is 2.28. The normalized spacial score (nSPS) is 11.6. The summed E-state index contributed by atoms with van der Waals surface area (Å²) in [7, 11) is 0. The first-order chi connectivity index (χ1) is 8.85. The Balaban J connectivity index is 2.18. The molecule has 0 bridgehead atoms. The summed E-state index contributed by atoms with van der Waals surface area (Å²) in [6.07, 6.45) is 0. The summed E-state index contributed by atoms with van der Waals surface area (Å²) in [6, 6.07) is 4.84. The zero-order valence-corrected chi connectivity index (χ0v) is 12.1. The topological polar surface area (TPSA) is 48.1 Å². The van der Waals surface area contributed by atoms with Crippen LogP contribution in [0.25, 0.3) is 11.3 Å². The number of rotatable bonds is 3. The van der Waals surface area contributed by atoms with Crippen molar-refractivity contribution in [2.24, 2.45) is 5.41 Å². The highest BCUT2D eigenvalue weighted by Gasteiger charge is 2.14. The van der Waals surface area contributed by atoms with E-state index in [4.69, 9.17) is 10.5 Å². The number of hydrogen-bond donors (Lipinski definition) is 1. The predicted octanol–water partition coefficient (Wildman–Crippen LogP) is 3.96. The Hall–Kier alpha value is -1.62. The molecule has 2 N–H and O–H groups in total. The number of ether oxygens (including phenoxy) is 1. The van der Waals surface area contributed by atoms with Crippen molar-refractivity contribution in [3.8, 4) is 17.0 Å². The molecule has 3 nitrogen and oxygen atoms in total. The van der Waals surface area contributed by atoms with Gasteiger partial charge in [-0.05, 0) is 23.6 Å². The van der Waals surface area contributed by atoms with Crippen molar-refractivity contribution in [3.05, 3.63) is 29.4 Å². The highest BCUT2D eigenvalue weighted by Crippen LogP contribution is 2.28. The third-order valence-electron chi connectivity index (χ3n) is 2.41. The van der Waals surface area contributed by atoms with E-state index in [2.05, 4.69) is 4.98 Å². The molecule has 0 fully saturated rings. The fraction of sp³-hybridized carbons (Fsp3) is 0.357. The maximum Gasteiger partial charge on any atom is 0.180 e. The lowest BCUT2D eigenvalue weighted by molar-refractivity contribution is 0.191. The molecule has 102 valence electrons. The van der Waals surface area contributed by atoms with Crippen LogP contribution in [0.4, 0.5) is 9.52 Å². The number of nitrogens with zero attached hydrogens (tertiary/aromatic N) is 1. The van der Waals surface area contributed by atoms with Gasteiger partial charge in [-0.2, -0.15) is 0 Å². The van der Waals surface area contributed by atoms with Crippen molar-refractivity contribution in [2.45, 2.75) is 20.8 Å². The predicted molar refractivity (Wildman–Crippen MR) is 76.9 cm³/mol. The zero-order chi connectivity index (χ0) is 14.0. The second kappa shape index (κ2) is 5.17. The van der Waals surface area contributed by atoms with Crippen LogP contribution in [-0.2, 0) is 0 Å². The minimum absolute atomic E-state index is 0.00548. The van der Waals surface area contributed by atoms with Crippen molar-refractivity contribution < 1.29 is 9.13 Å². The average Bonchev–Trinajstić information content (AvgIpc) is 2.73. The summed E-state index contributed by atoms with van der Waals surface area (Å²) in [6.45, 7) is 6.58. The van der Waals surface area contributed by atoms with Gasteiger partial charge in [0.2, 0.25) is 0 Å². The first-order valence-electron chi connectivity index (χ1n) is 5.99. The van der Waals surface area contributed by atoms with Gasteiger partial charge in [-0.3, -0.25) is 0 Å². The highest BCUT2D eigenvalue weighted by atomic mass is 32.1. The minimum atomic E-state index is -0.381. The van der Waals surface area contributed by atoms with Gasteiger partial charge < -0.3 is 10.5 Å². The lowest BCUT2D eigenvalue weighted by atomic mass is 9.99. The number of hydrogen-bond acceptors (Lipinski definition) is 4. The third-order valence-corrected chi connectivity index (χ3v) is 3.08. The molecule has 1 heterocycles. The van der Waals surface area contributed by atoms with E-state index in [1.54, 1.807) is 17.5 Å². The quantitative estimate of drug-likeness (QED) is 0.925. The van der Waals surface area contributed by atoms with Crippen LogP contribution in [-0.4, -0.2) is 11.6 Å². The van der Waals surface area contributed by atoms with Crippen LogP contribution in [0.15, 0.2) is 23.6 Å². The molecular weight excluding hydrogens is 263 g/mol. The summed E-state index contributed by atoms with van der Waals surface area (Å²) in [4.78, 5) is 4.13. The first kappa shape index (κ1) is 13.8. The van der Waals surface area contributed by atoms with Gasteiger partial charge in [0.25, 0.3) is 0 Å². The van der Waals surface area contributed by atoms with Crippen LogP contribution >= 0.6 is 11.3 Å². The second-order valence-corrected chi connectivity index (χ2v) is 6.46. The number of thiazole rings is 1. The van der Waals surface area contributed by atoms with Gasteiger partial charge in [-0.25, -0.2) is 9.37 Å². The van der Waals surface area contributed by atoms with Gasteiger partial charge in [-0.1, -0.05) is 20.8 Å². The molecule has 0 aliphatic carbocycles. The Kier molecular flexibility index (Phi) is 3.75. The number of halogens is 1. The van der Waals surface area contributed by atoms with Gasteiger partial charge in [0.15, 0.2) is 16.7 Å². The van der Waals surface area contributed by atoms with Crippen molar-refractivity contribution in [3.63, 3.8) is 0 Å². The highest BCUT2D eigenvalue weighted by molar-refractivity contribution is 7.13. The van der Waals surface area contributed by atoms with Crippen molar-refractivity contribution in [2.75, 3.05) is 12.3 Å². The number of aromatic nitrogens is 1. The summed E-state index contributed by atoms with van der Waals surface area (Å²) < 4.78 is 19.4. The summed E-state index contributed by atoms with van der Waals surface area (Å²) >= 11 is 1.34. The molecule has 0 saturated carbocycles. The largest absolute Gasteiger partial charge is 0.490 e. The minimum Gasteiger partial charge on any atom is -0.490 e. The van der Waals surface area contributed by atoms with E-state index in [0.29, 0.717) is 23.0 Å². The Morgan fingerprint density at radius 2 is 2.11 bits per heavy atom. The van der Waals surface area contributed by atoms with E-state index >= 15 is 0 Å². The van der Waals surface area contributed by atoms with E-state index in [1.165, 1.54) is 17.4 Å². The van der Waals surface area contributed by atoms with Gasteiger partial charge in [0.05, 0.1) is 12.3 Å². The molecule has 5 heteroatoms. The Labute approximate surface area is 116 Å². The number of benzene rings is 1. The molecule has 0 saturated heterocycles. The van der Waals surface area contributed by atoms with Crippen LogP contribution in [0.3, 0.4) is 0 Å².